The predicted octanol–water partition coefficient (Wildman–Crippen LogP) is 10.2. The van der Waals surface area contributed by atoms with E-state index in [4.69, 9.17) is 0 Å². The largest absolute Gasteiger partial charge is 0.344 e. The van der Waals surface area contributed by atoms with Gasteiger partial charge >= 0.3 is 0 Å². The molecule has 170 valence electrons. The lowest BCUT2D eigenvalue weighted by Gasteiger charge is -2.13. The summed E-state index contributed by atoms with van der Waals surface area (Å²) in [6.07, 6.45) is 24.3. The minimum atomic E-state index is 0. The summed E-state index contributed by atoms with van der Waals surface area (Å²) in [7, 11) is 0. The van der Waals surface area contributed by atoms with E-state index in [2.05, 4.69) is 48.8 Å². The number of hydrogen-bond acceptors (Lipinski definition) is 1. The first-order valence-electron chi connectivity index (χ1n) is 12.3. The summed E-state index contributed by atoms with van der Waals surface area (Å²) in [5, 5.41) is 0.988. The topological polar surface area (TPSA) is 35.0 Å². The lowest BCUT2D eigenvalue weighted by atomic mass is 9.94. The van der Waals surface area contributed by atoms with E-state index in [1.54, 1.807) is 5.56 Å². The quantitative estimate of drug-likeness (QED) is 0.169. The Balaban J connectivity index is 0.00000784. The summed E-state index contributed by atoms with van der Waals surface area (Å²) in [4.78, 5) is 0. The van der Waals surface area contributed by atoms with Gasteiger partial charge in [0, 0.05) is 5.33 Å². The van der Waals surface area contributed by atoms with Crippen LogP contribution in [-0.2, 0) is 11.8 Å². The normalized spacial score (nSPS) is 10.9. The first-order chi connectivity index (χ1) is 13.7. The van der Waals surface area contributed by atoms with E-state index in [-0.39, 0.29) is 6.15 Å². The van der Waals surface area contributed by atoms with Crippen LogP contribution in [0.25, 0.3) is 0 Å². The molecule has 0 atom stereocenters. The van der Waals surface area contributed by atoms with Gasteiger partial charge in [0.05, 0.1) is 0 Å². The minimum Gasteiger partial charge on any atom is -0.344 e. The third-order valence-electron chi connectivity index (χ3n) is 6.39. The standard InChI is InChI=1S/C27H47Br.H3N/c1-4-5-6-7-8-9-10-11-12-13-14-15-16-17-18-19-20-27-25(3)24(2)21-22-26(27)23-28;/h21-22H,4-20,23H2,1-3H3;1H3. The average Bonchev–Trinajstić information content (AvgIpc) is 2.70. The summed E-state index contributed by atoms with van der Waals surface area (Å²) in [5.74, 6) is 0. The van der Waals surface area contributed by atoms with Crippen LogP contribution in [0.2, 0.25) is 0 Å². The van der Waals surface area contributed by atoms with E-state index in [0.29, 0.717) is 0 Å². The van der Waals surface area contributed by atoms with Crippen LogP contribution < -0.4 is 6.15 Å². The first kappa shape index (κ1) is 28.7. The highest BCUT2D eigenvalue weighted by molar-refractivity contribution is 9.08. The molecular formula is C27H50BrN. The van der Waals surface area contributed by atoms with E-state index >= 15 is 0 Å². The fourth-order valence-electron chi connectivity index (χ4n) is 4.25. The van der Waals surface area contributed by atoms with Crippen molar-refractivity contribution in [1.29, 1.82) is 0 Å². The van der Waals surface area contributed by atoms with Gasteiger partial charge in [-0.25, -0.2) is 0 Å². The number of aryl methyl sites for hydroxylation is 1. The highest BCUT2D eigenvalue weighted by Gasteiger charge is 2.07. The molecule has 0 bridgehead atoms. The van der Waals surface area contributed by atoms with Gasteiger partial charge in [0.15, 0.2) is 0 Å². The van der Waals surface area contributed by atoms with E-state index < -0.39 is 0 Å². The Kier molecular flexibility index (Phi) is 19.4. The Bertz CT molecular complexity index is 498. The van der Waals surface area contributed by atoms with Crippen molar-refractivity contribution >= 4 is 15.9 Å². The number of hydrogen-bond donors (Lipinski definition) is 1. The number of benzene rings is 1. The molecule has 29 heavy (non-hydrogen) atoms. The van der Waals surface area contributed by atoms with Crippen molar-refractivity contribution in [2.24, 2.45) is 0 Å². The lowest BCUT2D eigenvalue weighted by molar-refractivity contribution is 0.529. The van der Waals surface area contributed by atoms with Crippen LogP contribution in [0.5, 0.6) is 0 Å². The number of unbranched alkanes of at least 4 members (excludes halogenated alkanes) is 15. The van der Waals surface area contributed by atoms with Gasteiger partial charge in [0.25, 0.3) is 0 Å². The zero-order valence-electron chi connectivity index (χ0n) is 20.0. The van der Waals surface area contributed by atoms with Crippen molar-refractivity contribution in [3.8, 4) is 0 Å². The maximum absolute atomic E-state index is 3.66. The summed E-state index contributed by atoms with van der Waals surface area (Å²) in [6.45, 7) is 6.83. The highest BCUT2D eigenvalue weighted by Crippen LogP contribution is 2.23. The van der Waals surface area contributed by atoms with Crippen molar-refractivity contribution in [3.63, 3.8) is 0 Å². The van der Waals surface area contributed by atoms with Gasteiger partial charge in [-0.05, 0) is 48.9 Å². The molecular weight excluding hydrogens is 418 g/mol. The Hall–Kier alpha value is -0.340. The van der Waals surface area contributed by atoms with Crippen LogP contribution in [0.15, 0.2) is 12.1 Å². The van der Waals surface area contributed by atoms with Crippen LogP contribution in [0.1, 0.15) is 132 Å². The molecule has 0 aliphatic rings. The minimum absolute atomic E-state index is 0. The molecule has 1 rings (SSSR count). The number of rotatable bonds is 18. The summed E-state index contributed by atoms with van der Waals surface area (Å²) < 4.78 is 0. The van der Waals surface area contributed by atoms with Crippen molar-refractivity contribution in [2.75, 3.05) is 0 Å². The van der Waals surface area contributed by atoms with E-state index in [1.165, 1.54) is 126 Å². The third kappa shape index (κ3) is 13.6. The summed E-state index contributed by atoms with van der Waals surface area (Å²) >= 11 is 3.66. The van der Waals surface area contributed by atoms with Gasteiger partial charge in [0.1, 0.15) is 0 Å². The van der Waals surface area contributed by atoms with Gasteiger partial charge in [-0.3, -0.25) is 0 Å². The van der Waals surface area contributed by atoms with Gasteiger partial charge < -0.3 is 6.15 Å². The van der Waals surface area contributed by atoms with Gasteiger partial charge in [0.2, 0.25) is 0 Å². The SMILES string of the molecule is CCCCCCCCCCCCCCCCCCc1c(CBr)ccc(C)c1C.N. The Morgan fingerprint density at radius 1 is 0.621 bits per heavy atom. The fraction of sp³-hybridized carbons (Fsp3) is 0.778. The lowest BCUT2D eigenvalue weighted by Crippen LogP contribution is -1.98. The molecule has 0 heterocycles. The van der Waals surface area contributed by atoms with Gasteiger partial charge in [-0.2, -0.15) is 0 Å². The van der Waals surface area contributed by atoms with Crippen LogP contribution in [0.4, 0.5) is 0 Å². The second-order valence-electron chi connectivity index (χ2n) is 8.83. The molecule has 0 spiro atoms. The first-order valence-corrected chi connectivity index (χ1v) is 13.5. The van der Waals surface area contributed by atoms with Crippen LogP contribution >= 0.6 is 15.9 Å². The molecule has 0 saturated heterocycles. The molecule has 0 aliphatic heterocycles. The number of alkyl halides is 1. The van der Waals surface area contributed by atoms with E-state index in [9.17, 15) is 0 Å². The zero-order valence-corrected chi connectivity index (χ0v) is 21.6. The van der Waals surface area contributed by atoms with Crippen LogP contribution in [0, 0.1) is 13.8 Å². The number of halogens is 1. The Morgan fingerprint density at radius 3 is 1.45 bits per heavy atom. The van der Waals surface area contributed by atoms with Crippen molar-refractivity contribution in [1.82, 2.24) is 6.15 Å². The molecule has 0 aromatic heterocycles. The van der Waals surface area contributed by atoms with Crippen molar-refractivity contribution < 1.29 is 0 Å². The second-order valence-corrected chi connectivity index (χ2v) is 9.39. The monoisotopic (exact) mass is 467 g/mol. The van der Waals surface area contributed by atoms with E-state index in [1.807, 2.05) is 0 Å². The van der Waals surface area contributed by atoms with Crippen LogP contribution in [0.3, 0.4) is 0 Å². The zero-order chi connectivity index (χ0) is 20.5. The maximum atomic E-state index is 3.66. The van der Waals surface area contributed by atoms with Crippen molar-refractivity contribution in [2.45, 2.75) is 135 Å². The maximum Gasteiger partial charge on any atom is 0.0285 e. The van der Waals surface area contributed by atoms with Crippen LogP contribution in [-0.4, -0.2) is 0 Å². The fourth-order valence-corrected chi connectivity index (χ4v) is 4.78. The average molecular weight is 469 g/mol. The smallest absolute Gasteiger partial charge is 0.0285 e. The molecule has 0 fully saturated rings. The molecule has 2 heteroatoms. The summed E-state index contributed by atoms with van der Waals surface area (Å²) in [5.41, 5.74) is 6.04. The summed E-state index contributed by atoms with van der Waals surface area (Å²) in [6, 6.07) is 4.57. The molecule has 0 aliphatic carbocycles. The third-order valence-corrected chi connectivity index (χ3v) is 6.99. The molecule has 0 radical (unpaired) electrons. The van der Waals surface area contributed by atoms with E-state index in [0.717, 1.165) is 5.33 Å². The molecule has 0 amide bonds. The van der Waals surface area contributed by atoms with Gasteiger partial charge in [-0.1, -0.05) is 131 Å². The van der Waals surface area contributed by atoms with Crippen molar-refractivity contribution in [3.05, 3.63) is 34.4 Å². The molecule has 0 unspecified atom stereocenters. The van der Waals surface area contributed by atoms with Gasteiger partial charge in [-0.15, -0.1) is 0 Å². The predicted molar refractivity (Wildman–Crippen MR) is 137 cm³/mol. The Labute approximate surface area is 191 Å². The molecule has 3 N–H and O–H groups in total. The second kappa shape index (κ2) is 19.6. The molecule has 1 aromatic rings. The highest BCUT2D eigenvalue weighted by atomic mass is 79.9. The molecule has 0 saturated carbocycles. The molecule has 1 aromatic carbocycles. The Morgan fingerprint density at radius 2 is 1.03 bits per heavy atom. The molecule has 1 nitrogen and oxygen atoms in total.